The number of nitrogen functional groups attached to an aromatic ring is 1. The minimum Gasteiger partial charge on any atom is -0.469 e. The van der Waals surface area contributed by atoms with Gasteiger partial charge < -0.3 is 15.8 Å². The van der Waals surface area contributed by atoms with Crippen LogP contribution in [-0.2, 0) is 9.53 Å². The summed E-state index contributed by atoms with van der Waals surface area (Å²) < 4.78 is 4.52. The molecular formula is C14H19N3O5. The summed E-state index contributed by atoms with van der Waals surface area (Å²) in [5, 5.41) is 13.4. The minimum absolute atomic E-state index is 0.0179. The van der Waals surface area contributed by atoms with Crippen LogP contribution in [0, 0.1) is 10.1 Å². The van der Waals surface area contributed by atoms with Crippen molar-refractivity contribution >= 4 is 23.3 Å². The topological polar surface area (TPSA) is 125 Å². The Balaban J connectivity index is 2.38. The summed E-state index contributed by atoms with van der Waals surface area (Å²) in [6, 6.07) is 3.93. The summed E-state index contributed by atoms with van der Waals surface area (Å²) in [7, 11) is 1.34. The number of carbonyl (C=O) groups is 2. The maximum atomic E-state index is 11.9. The number of hydrogen-bond donors (Lipinski definition) is 2. The van der Waals surface area contributed by atoms with E-state index in [4.69, 9.17) is 5.73 Å². The molecule has 0 unspecified atom stereocenters. The number of hydrogen-bond acceptors (Lipinski definition) is 6. The van der Waals surface area contributed by atoms with Crippen molar-refractivity contribution in [2.75, 3.05) is 19.4 Å². The Bertz CT molecular complexity index is 559. The fraction of sp³-hybridized carbons (Fsp3) is 0.429. The molecule has 1 rings (SSSR count). The Morgan fingerprint density at radius 2 is 2.05 bits per heavy atom. The van der Waals surface area contributed by atoms with Gasteiger partial charge in [0, 0.05) is 24.6 Å². The van der Waals surface area contributed by atoms with Gasteiger partial charge in [-0.25, -0.2) is 0 Å². The van der Waals surface area contributed by atoms with Gasteiger partial charge in [0.2, 0.25) is 0 Å². The second-order valence-electron chi connectivity index (χ2n) is 4.67. The van der Waals surface area contributed by atoms with Gasteiger partial charge in [-0.1, -0.05) is 6.42 Å². The van der Waals surface area contributed by atoms with E-state index in [1.54, 1.807) is 0 Å². The Labute approximate surface area is 127 Å². The van der Waals surface area contributed by atoms with Crippen LogP contribution < -0.4 is 11.1 Å². The molecule has 1 amide bonds. The van der Waals surface area contributed by atoms with Crippen molar-refractivity contribution in [3.05, 3.63) is 33.9 Å². The quantitative estimate of drug-likeness (QED) is 0.247. The number of nitrogens with one attached hydrogen (secondary N) is 1. The summed E-state index contributed by atoms with van der Waals surface area (Å²) in [5.74, 6) is -0.644. The summed E-state index contributed by atoms with van der Waals surface area (Å²) in [5.41, 5.74) is 5.39. The van der Waals surface area contributed by atoms with Crippen LogP contribution in [0.3, 0.4) is 0 Å². The van der Waals surface area contributed by atoms with Crippen LogP contribution in [0.25, 0.3) is 0 Å². The van der Waals surface area contributed by atoms with E-state index in [0.717, 1.165) is 12.5 Å². The van der Waals surface area contributed by atoms with Gasteiger partial charge in [-0.15, -0.1) is 0 Å². The molecule has 0 heterocycles. The molecule has 22 heavy (non-hydrogen) atoms. The number of anilines is 1. The number of methoxy groups -OCH3 is 1. The van der Waals surface area contributed by atoms with E-state index in [1.165, 1.54) is 19.2 Å². The van der Waals surface area contributed by atoms with Crippen molar-refractivity contribution in [3.63, 3.8) is 0 Å². The van der Waals surface area contributed by atoms with Gasteiger partial charge in [0.15, 0.2) is 0 Å². The number of amides is 1. The summed E-state index contributed by atoms with van der Waals surface area (Å²) in [6.45, 7) is 0.429. The van der Waals surface area contributed by atoms with E-state index in [1.807, 2.05) is 0 Å². The number of esters is 1. The molecule has 0 saturated heterocycles. The van der Waals surface area contributed by atoms with Crippen LogP contribution in [0.15, 0.2) is 18.2 Å². The van der Waals surface area contributed by atoms with E-state index >= 15 is 0 Å². The highest BCUT2D eigenvalue weighted by atomic mass is 16.6. The third-order valence-corrected chi connectivity index (χ3v) is 3.06. The summed E-state index contributed by atoms with van der Waals surface area (Å²) in [6.07, 6.45) is 2.53. The summed E-state index contributed by atoms with van der Waals surface area (Å²) in [4.78, 5) is 32.9. The molecule has 0 bridgehead atoms. The van der Waals surface area contributed by atoms with Crippen molar-refractivity contribution in [2.45, 2.75) is 25.7 Å². The third-order valence-electron chi connectivity index (χ3n) is 3.06. The van der Waals surface area contributed by atoms with Crippen molar-refractivity contribution in [1.82, 2.24) is 5.32 Å². The molecule has 120 valence electrons. The van der Waals surface area contributed by atoms with E-state index in [0.29, 0.717) is 25.8 Å². The normalized spacial score (nSPS) is 10.0. The largest absolute Gasteiger partial charge is 0.469 e. The Morgan fingerprint density at radius 1 is 1.32 bits per heavy atom. The molecule has 0 radical (unpaired) electrons. The molecule has 0 aliphatic carbocycles. The first-order valence-corrected chi connectivity index (χ1v) is 6.84. The number of ether oxygens (including phenoxy) is 1. The molecule has 8 nitrogen and oxygen atoms in total. The lowest BCUT2D eigenvalue weighted by atomic mass is 10.1. The number of benzene rings is 1. The SMILES string of the molecule is COC(=O)CCCCCNC(=O)c1ccc(N)c([N+](=O)[O-])c1. The molecule has 0 aliphatic heterocycles. The van der Waals surface area contributed by atoms with E-state index in [2.05, 4.69) is 10.1 Å². The molecule has 3 N–H and O–H groups in total. The molecule has 0 spiro atoms. The predicted molar refractivity (Wildman–Crippen MR) is 80.3 cm³/mol. The third kappa shape index (κ3) is 5.39. The zero-order valence-electron chi connectivity index (χ0n) is 12.3. The number of nitrogens with two attached hydrogens (primary N) is 1. The first-order chi connectivity index (χ1) is 10.5. The molecule has 1 aromatic carbocycles. The zero-order chi connectivity index (χ0) is 16.5. The molecule has 0 aromatic heterocycles. The fourth-order valence-electron chi connectivity index (χ4n) is 1.82. The number of nitrogens with zero attached hydrogens (tertiary/aromatic N) is 1. The van der Waals surface area contributed by atoms with Crippen LogP contribution in [-0.4, -0.2) is 30.5 Å². The molecule has 0 saturated carbocycles. The van der Waals surface area contributed by atoms with Crippen molar-refractivity contribution < 1.29 is 19.2 Å². The van der Waals surface area contributed by atoms with Crippen LogP contribution in [0.4, 0.5) is 11.4 Å². The number of rotatable bonds is 8. The van der Waals surface area contributed by atoms with Crippen LogP contribution in [0.2, 0.25) is 0 Å². The van der Waals surface area contributed by atoms with E-state index in [-0.39, 0.29) is 22.9 Å². The molecule has 1 aromatic rings. The highest BCUT2D eigenvalue weighted by Gasteiger charge is 2.15. The van der Waals surface area contributed by atoms with Gasteiger partial charge in [-0.3, -0.25) is 19.7 Å². The average Bonchev–Trinajstić information content (AvgIpc) is 2.50. The van der Waals surface area contributed by atoms with E-state index in [9.17, 15) is 19.7 Å². The standard InChI is InChI=1S/C14H19N3O5/c1-22-13(18)5-3-2-4-8-16-14(19)10-6-7-11(15)12(9-10)17(20)21/h6-7,9H,2-5,8,15H2,1H3,(H,16,19). The van der Waals surface area contributed by atoms with Gasteiger partial charge in [-0.2, -0.15) is 0 Å². The number of nitro groups is 1. The maximum Gasteiger partial charge on any atom is 0.305 e. The average molecular weight is 309 g/mol. The lowest BCUT2D eigenvalue weighted by Crippen LogP contribution is -2.24. The Hall–Kier alpha value is -2.64. The Morgan fingerprint density at radius 3 is 2.68 bits per heavy atom. The zero-order valence-corrected chi connectivity index (χ0v) is 12.3. The first-order valence-electron chi connectivity index (χ1n) is 6.84. The molecular weight excluding hydrogens is 290 g/mol. The predicted octanol–water partition coefficient (Wildman–Crippen LogP) is 1.64. The smallest absolute Gasteiger partial charge is 0.305 e. The van der Waals surface area contributed by atoms with Crippen molar-refractivity contribution in [1.29, 1.82) is 0 Å². The number of carbonyl (C=O) groups excluding carboxylic acids is 2. The second-order valence-corrected chi connectivity index (χ2v) is 4.67. The van der Waals surface area contributed by atoms with Crippen LogP contribution >= 0.6 is 0 Å². The van der Waals surface area contributed by atoms with Gasteiger partial charge in [0.25, 0.3) is 11.6 Å². The highest BCUT2D eigenvalue weighted by Crippen LogP contribution is 2.22. The van der Waals surface area contributed by atoms with Gasteiger partial charge in [-0.05, 0) is 25.0 Å². The molecule has 0 atom stereocenters. The Kier molecular flexibility index (Phi) is 6.81. The van der Waals surface area contributed by atoms with E-state index < -0.39 is 10.8 Å². The monoisotopic (exact) mass is 309 g/mol. The number of nitro benzene ring substituents is 1. The maximum absolute atomic E-state index is 11.9. The molecule has 8 heteroatoms. The second kappa shape index (κ2) is 8.60. The number of unbranched alkanes of at least 4 members (excludes halogenated alkanes) is 2. The van der Waals surface area contributed by atoms with Crippen molar-refractivity contribution in [3.8, 4) is 0 Å². The highest BCUT2D eigenvalue weighted by molar-refractivity contribution is 5.95. The molecule has 0 aliphatic rings. The van der Waals surface area contributed by atoms with Gasteiger partial charge >= 0.3 is 5.97 Å². The van der Waals surface area contributed by atoms with Gasteiger partial charge in [0.1, 0.15) is 5.69 Å². The van der Waals surface area contributed by atoms with Gasteiger partial charge in [0.05, 0.1) is 12.0 Å². The summed E-state index contributed by atoms with van der Waals surface area (Å²) >= 11 is 0. The molecule has 0 fully saturated rings. The van der Waals surface area contributed by atoms with Crippen molar-refractivity contribution in [2.24, 2.45) is 0 Å². The van der Waals surface area contributed by atoms with Crippen LogP contribution in [0.5, 0.6) is 0 Å². The lowest BCUT2D eigenvalue weighted by Gasteiger charge is -2.06. The minimum atomic E-state index is -0.626. The lowest BCUT2D eigenvalue weighted by molar-refractivity contribution is -0.383. The fourth-order valence-corrected chi connectivity index (χ4v) is 1.82. The van der Waals surface area contributed by atoms with Crippen LogP contribution in [0.1, 0.15) is 36.0 Å². The first kappa shape index (κ1) is 17.4.